The van der Waals surface area contributed by atoms with Gasteiger partial charge in [0.1, 0.15) is 12.4 Å². The molecule has 0 aliphatic carbocycles. The number of benzene rings is 1. The predicted molar refractivity (Wildman–Crippen MR) is 68.2 cm³/mol. The maximum absolute atomic E-state index is 8.92. The van der Waals surface area contributed by atoms with Crippen LogP contribution in [0.15, 0.2) is 42.7 Å². The van der Waals surface area contributed by atoms with Crippen molar-refractivity contribution in [3.63, 3.8) is 0 Å². The van der Waals surface area contributed by atoms with Crippen molar-refractivity contribution in [1.29, 1.82) is 0 Å². The van der Waals surface area contributed by atoms with Gasteiger partial charge < -0.3 is 14.8 Å². The van der Waals surface area contributed by atoms with E-state index in [1.54, 1.807) is 35.1 Å². The third kappa shape index (κ3) is 3.34. The average molecular weight is 236 g/mol. The van der Waals surface area contributed by atoms with Crippen LogP contribution in [-0.2, 0) is 6.54 Å². The molecule has 0 aliphatic heterocycles. The lowest BCUT2D eigenvalue weighted by Gasteiger charge is -2.07. The van der Waals surface area contributed by atoms with E-state index in [-0.39, 0.29) is 2.85 Å². The molecule has 5 nitrogen and oxygen atoms in total. The van der Waals surface area contributed by atoms with E-state index in [0.29, 0.717) is 24.4 Å². The van der Waals surface area contributed by atoms with Gasteiger partial charge >= 0.3 is 7.12 Å². The van der Waals surface area contributed by atoms with E-state index in [0.717, 1.165) is 0 Å². The smallest absolute Gasteiger partial charge is 0.488 e. The quantitative estimate of drug-likeness (QED) is 0.724. The molecule has 0 fully saturated rings. The van der Waals surface area contributed by atoms with Crippen LogP contribution in [0.5, 0.6) is 5.75 Å². The minimum atomic E-state index is -1.44. The van der Waals surface area contributed by atoms with Gasteiger partial charge in [0, 0.05) is 15.2 Å². The van der Waals surface area contributed by atoms with Crippen molar-refractivity contribution in [1.82, 2.24) is 9.78 Å². The Hall–Kier alpha value is -1.79. The lowest BCUT2D eigenvalue weighted by atomic mass is 9.80. The molecular formula is C11H17BN2O3. The molecule has 0 radical (unpaired) electrons. The van der Waals surface area contributed by atoms with Crippen LogP contribution in [0.3, 0.4) is 0 Å². The fourth-order valence-electron chi connectivity index (χ4n) is 1.43. The van der Waals surface area contributed by atoms with Crippen molar-refractivity contribution in [3.8, 4) is 5.75 Å². The molecule has 0 aliphatic rings. The van der Waals surface area contributed by atoms with E-state index < -0.39 is 7.12 Å². The first-order valence-electron chi connectivity index (χ1n) is 5.32. The molecule has 0 atom stereocenters. The zero-order chi connectivity index (χ0) is 12.1. The van der Waals surface area contributed by atoms with Crippen LogP contribution in [-0.4, -0.2) is 33.6 Å². The summed E-state index contributed by atoms with van der Waals surface area (Å²) in [5.74, 6) is 0.696. The highest BCUT2D eigenvalue weighted by molar-refractivity contribution is 6.58. The lowest BCUT2D eigenvalue weighted by molar-refractivity contribution is 0.291. The molecule has 0 unspecified atom stereocenters. The molecule has 2 rings (SSSR count). The normalized spacial score (nSPS) is 10.2. The van der Waals surface area contributed by atoms with Crippen LogP contribution in [0.25, 0.3) is 0 Å². The molecule has 0 saturated carbocycles. The standard InChI is InChI=1S/C11H13BN2O3.2H2/c15-12(16)10-2-4-11(5-3-10)17-9-8-14-7-1-6-13-14;;/h1-7,15-16H,8-9H2;2*1H. The molecule has 92 valence electrons. The van der Waals surface area contributed by atoms with Crippen LogP contribution < -0.4 is 10.2 Å². The Morgan fingerprint density at radius 1 is 1.29 bits per heavy atom. The minimum Gasteiger partial charge on any atom is -0.492 e. The Bertz CT molecular complexity index is 451. The van der Waals surface area contributed by atoms with Gasteiger partial charge in [-0.1, -0.05) is 12.1 Å². The van der Waals surface area contributed by atoms with Crippen molar-refractivity contribution in [3.05, 3.63) is 42.7 Å². The summed E-state index contributed by atoms with van der Waals surface area (Å²) in [6.07, 6.45) is 3.59. The SMILES string of the molecule is OB(O)c1ccc(OCCn2cccn2)cc1.[HH].[HH]. The second-order valence-corrected chi connectivity index (χ2v) is 3.56. The van der Waals surface area contributed by atoms with Gasteiger partial charge in [-0.05, 0) is 23.7 Å². The topological polar surface area (TPSA) is 67.5 Å². The Balaban J connectivity index is 0.00000162. The molecular weight excluding hydrogens is 219 g/mol. The Kier molecular flexibility index (Phi) is 3.79. The van der Waals surface area contributed by atoms with Gasteiger partial charge in [0.15, 0.2) is 0 Å². The molecule has 0 spiro atoms. The molecule has 0 bridgehead atoms. The number of hydrogen-bond donors (Lipinski definition) is 2. The van der Waals surface area contributed by atoms with Crippen molar-refractivity contribution in [2.45, 2.75) is 6.54 Å². The van der Waals surface area contributed by atoms with E-state index >= 15 is 0 Å². The third-order valence-electron chi connectivity index (χ3n) is 2.33. The maximum atomic E-state index is 8.92. The Labute approximate surface area is 102 Å². The summed E-state index contributed by atoms with van der Waals surface area (Å²) in [4.78, 5) is 0. The second kappa shape index (κ2) is 5.52. The third-order valence-corrected chi connectivity index (χ3v) is 2.33. The average Bonchev–Trinajstić information content (AvgIpc) is 2.83. The van der Waals surface area contributed by atoms with Gasteiger partial charge in [-0.3, -0.25) is 4.68 Å². The highest BCUT2D eigenvalue weighted by atomic mass is 16.5. The highest BCUT2D eigenvalue weighted by Crippen LogP contribution is 2.07. The van der Waals surface area contributed by atoms with Crippen LogP contribution in [0, 0.1) is 0 Å². The first-order chi connectivity index (χ1) is 8.25. The number of aromatic nitrogens is 2. The highest BCUT2D eigenvalue weighted by Gasteiger charge is 2.09. The van der Waals surface area contributed by atoms with Gasteiger partial charge in [-0.2, -0.15) is 5.10 Å². The summed E-state index contributed by atoms with van der Waals surface area (Å²) >= 11 is 0. The van der Waals surface area contributed by atoms with Crippen LogP contribution >= 0.6 is 0 Å². The fourth-order valence-corrected chi connectivity index (χ4v) is 1.43. The first-order valence-corrected chi connectivity index (χ1v) is 5.32. The lowest BCUT2D eigenvalue weighted by Crippen LogP contribution is -2.29. The van der Waals surface area contributed by atoms with Gasteiger partial charge in [-0.15, -0.1) is 0 Å². The molecule has 6 heteroatoms. The summed E-state index contributed by atoms with van der Waals surface area (Å²) in [6, 6.07) is 8.51. The Morgan fingerprint density at radius 2 is 2.06 bits per heavy atom. The van der Waals surface area contributed by atoms with E-state index in [1.165, 1.54) is 0 Å². The van der Waals surface area contributed by atoms with Gasteiger partial charge in [0.05, 0.1) is 6.54 Å². The summed E-state index contributed by atoms with van der Waals surface area (Å²) < 4.78 is 7.27. The second-order valence-electron chi connectivity index (χ2n) is 3.56. The summed E-state index contributed by atoms with van der Waals surface area (Å²) in [5.41, 5.74) is 0.449. The summed E-state index contributed by atoms with van der Waals surface area (Å²) in [5, 5.41) is 21.9. The largest absolute Gasteiger partial charge is 0.492 e. The molecule has 2 N–H and O–H groups in total. The van der Waals surface area contributed by atoms with Crippen LogP contribution in [0.1, 0.15) is 2.85 Å². The molecule has 0 saturated heterocycles. The first kappa shape index (κ1) is 11.7. The predicted octanol–water partition coefficient (Wildman–Crippen LogP) is 0.134. The maximum Gasteiger partial charge on any atom is 0.488 e. The van der Waals surface area contributed by atoms with E-state index in [2.05, 4.69) is 5.10 Å². The fraction of sp³-hybridized carbons (Fsp3) is 0.182. The molecule has 1 heterocycles. The summed E-state index contributed by atoms with van der Waals surface area (Å²) in [7, 11) is -1.44. The van der Waals surface area contributed by atoms with Gasteiger partial charge in [0.25, 0.3) is 0 Å². The van der Waals surface area contributed by atoms with Crippen molar-refractivity contribution in [2.24, 2.45) is 0 Å². The van der Waals surface area contributed by atoms with Crippen molar-refractivity contribution >= 4 is 12.6 Å². The molecule has 0 amide bonds. The molecule has 2 aromatic rings. The van der Waals surface area contributed by atoms with Gasteiger partial charge in [0.2, 0.25) is 0 Å². The molecule has 1 aromatic heterocycles. The zero-order valence-corrected chi connectivity index (χ0v) is 9.23. The number of nitrogens with zero attached hydrogens (tertiary/aromatic N) is 2. The number of rotatable bonds is 5. The number of hydrogen-bond acceptors (Lipinski definition) is 4. The monoisotopic (exact) mass is 236 g/mol. The van der Waals surface area contributed by atoms with Gasteiger partial charge in [-0.25, -0.2) is 0 Å². The van der Waals surface area contributed by atoms with Crippen molar-refractivity contribution in [2.75, 3.05) is 6.61 Å². The van der Waals surface area contributed by atoms with Crippen LogP contribution in [0.2, 0.25) is 0 Å². The minimum absolute atomic E-state index is 0. The van der Waals surface area contributed by atoms with E-state index in [1.807, 2.05) is 12.3 Å². The number of ether oxygens (including phenoxy) is 1. The van der Waals surface area contributed by atoms with E-state index in [9.17, 15) is 0 Å². The molecule has 1 aromatic carbocycles. The van der Waals surface area contributed by atoms with Crippen LogP contribution in [0.4, 0.5) is 0 Å². The molecule has 17 heavy (non-hydrogen) atoms. The zero-order valence-electron chi connectivity index (χ0n) is 9.23. The van der Waals surface area contributed by atoms with Crippen molar-refractivity contribution < 1.29 is 17.6 Å². The summed E-state index contributed by atoms with van der Waals surface area (Å²) in [6.45, 7) is 1.19. The Morgan fingerprint density at radius 3 is 2.65 bits per heavy atom. The van der Waals surface area contributed by atoms with E-state index in [4.69, 9.17) is 14.8 Å².